The Labute approximate surface area is 149 Å². The second kappa shape index (κ2) is 5.79. The topological polar surface area (TPSA) is 97.5 Å². The number of hydrogen-bond donors (Lipinski definition) is 1. The summed E-state index contributed by atoms with van der Waals surface area (Å²) in [6.07, 6.45) is 12.8. The van der Waals surface area contributed by atoms with Gasteiger partial charge in [-0.2, -0.15) is 4.68 Å². The highest BCUT2D eigenvalue weighted by Crippen LogP contribution is 2.46. The lowest BCUT2D eigenvalue weighted by Gasteiger charge is -2.24. The van der Waals surface area contributed by atoms with E-state index in [0.717, 1.165) is 18.9 Å². The third-order valence-corrected chi connectivity index (χ3v) is 5.72. The predicted octanol–water partition coefficient (Wildman–Crippen LogP) is 1.31. The van der Waals surface area contributed by atoms with E-state index in [0.29, 0.717) is 16.9 Å². The van der Waals surface area contributed by atoms with E-state index in [2.05, 4.69) is 30.3 Å². The van der Waals surface area contributed by atoms with Crippen molar-refractivity contribution in [1.29, 1.82) is 0 Å². The monoisotopic (exact) mass is 352 g/mol. The highest BCUT2D eigenvalue weighted by Gasteiger charge is 2.40. The van der Waals surface area contributed by atoms with Crippen LogP contribution in [0, 0.1) is 5.41 Å². The zero-order valence-electron chi connectivity index (χ0n) is 14.4. The molecule has 0 unspecified atom stereocenters. The van der Waals surface area contributed by atoms with Crippen LogP contribution in [0.2, 0.25) is 0 Å². The van der Waals surface area contributed by atoms with E-state index < -0.39 is 0 Å². The van der Waals surface area contributed by atoms with Gasteiger partial charge < -0.3 is 4.90 Å². The van der Waals surface area contributed by atoms with E-state index >= 15 is 0 Å². The normalized spacial score (nSPS) is 18.8. The van der Waals surface area contributed by atoms with Crippen LogP contribution in [0.1, 0.15) is 32.1 Å². The lowest BCUT2D eigenvalue weighted by atomic mass is 9.86. The van der Waals surface area contributed by atoms with Crippen molar-refractivity contribution in [3.8, 4) is 11.5 Å². The molecule has 9 heteroatoms. The second-order valence-corrected chi connectivity index (χ2v) is 7.26. The molecule has 1 aliphatic heterocycles. The number of anilines is 1. The summed E-state index contributed by atoms with van der Waals surface area (Å²) < 4.78 is 2.84. The first-order valence-corrected chi connectivity index (χ1v) is 8.99. The van der Waals surface area contributed by atoms with Gasteiger partial charge in [-0.05, 0) is 24.7 Å². The molecule has 3 aromatic heterocycles. The maximum absolute atomic E-state index is 12.7. The van der Waals surface area contributed by atoms with E-state index in [4.69, 9.17) is 0 Å². The summed E-state index contributed by atoms with van der Waals surface area (Å²) in [5, 5.41) is 10.6. The Bertz CT molecular complexity index is 967. The van der Waals surface area contributed by atoms with Gasteiger partial charge >= 0.3 is 0 Å². The van der Waals surface area contributed by atoms with Crippen molar-refractivity contribution in [1.82, 2.24) is 34.7 Å². The van der Waals surface area contributed by atoms with E-state index in [9.17, 15) is 4.79 Å². The molecule has 1 aliphatic carbocycles. The second-order valence-electron chi connectivity index (χ2n) is 7.26. The molecule has 2 aliphatic rings. The minimum atomic E-state index is -0.228. The molecular formula is C17H20N8O. The van der Waals surface area contributed by atoms with Crippen molar-refractivity contribution in [2.24, 2.45) is 5.41 Å². The minimum absolute atomic E-state index is 0.228. The van der Waals surface area contributed by atoms with Crippen LogP contribution in [-0.4, -0.2) is 47.8 Å². The number of H-pyrrole nitrogens is 1. The first kappa shape index (κ1) is 15.3. The first-order chi connectivity index (χ1) is 12.7. The Morgan fingerprint density at radius 3 is 2.77 bits per heavy atom. The fraction of sp³-hybridized carbons (Fsp3) is 0.471. The quantitative estimate of drug-likeness (QED) is 0.763. The molecule has 1 N–H and O–H groups in total. The fourth-order valence-electron chi connectivity index (χ4n) is 4.33. The van der Waals surface area contributed by atoms with Gasteiger partial charge in [0, 0.05) is 19.2 Å². The number of aromatic amines is 1. The summed E-state index contributed by atoms with van der Waals surface area (Å²) in [5.74, 6) is 1.40. The molecule has 3 aromatic rings. The van der Waals surface area contributed by atoms with Crippen LogP contribution in [0.5, 0.6) is 0 Å². The predicted molar refractivity (Wildman–Crippen MR) is 94.6 cm³/mol. The fourth-order valence-corrected chi connectivity index (χ4v) is 4.33. The van der Waals surface area contributed by atoms with Gasteiger partial charge in [0.15, 0.2) is 11.5 Å². The van der Waals surface area contributed by atoms with E-state index in [-0.39, 0.29) is 5.56 Å². The minimum Gasteiger partial charge on any atom is -0.356 e. The molecule has 4 heterocycles. The van der Waals surface area contributed by atoms with E-state index in [1.807, 2.05) is 6.07 Å². The lowest BCUT2D eigenvalue weighted by molar-refractivity contribution is 0.340. The van der Waals surface area contributed by atoms with Gasteiger partial charge in [-0.1, -0.05) is 18.1 Å². The Hall–Kier alpha value is -2.97. The first-order valence-electron chi connectivity index (χ1n) is 8.99. The van der Waals surface area contributed by atoms with E-state index in [1.165, 1.54) is 54.0 Å². The van der Waals surface area contributed by atoms with Gasteiger partial charge in [-0.3, -0.25) is 9.89 Å². The number of nitrogens with zero attached hydrogens (tertiary/aromatic N) is 7. The highest BCUT2D eigenvalue weighted by atomic mass is 16.1. The Morgan fingerprint density at radius 2 is 1.96 bits per heavy atom. The molecule has 1 saturated heterocycles. The molecule has 0 amide bonds. The Kier molecular flexibility index (Phi) is 3.41. The molecule has 1 spiro atoms. The van der Waals surface area contributed by atoms with Crippen LogP contribution < -0.4 is 10.5 Å². The zero-order chi connectivity index (χ0) is 17.6. The van der Waals surface area contributed by atoms with Gasteiger partial charge in [0.05, 0.1) is 18.6 Å². The molecule has 0 atom stereocenters. The van der Waals surface area contributed by atoms with Crippen molar-refractivity contribution in [2.45, 2.75) is 32.1 Å². The average molecular weight is 352 g/mol. The Balaban J connectivity index is 1.45. The van der Waals surface area contributed by atoms with Crippen molar-refractivity contribution < 1.29 is 0 Å². The zero-order valence-corrected chi connectivity index (χ0v) is 14.4. The third kappa shape index (κ3) is 2.42. The highest BCUT2D eigenvalue weighted by molar-refractivity contribution is 5.45. The van der Waals surface area contributed by atoms with Gasteiger partial charge in [0.2, 0.25) is 0 Å². The average Bonchev–Trinajstić information content (AvgIpc) is 3.44. The van der Waals surface area contributed by atoms with Crippen LogP contribution in [0.4, 0.5) is 5.82 Å². The molecule has 0 radical (unpaired) electrons. The van der Waals surface area contributed by atoms with Crippen LogP contribution in [0.3, 0.4) is 0 Å². The number of nitrogens with one attached hydrogen (secondary N) is 1. The van der Waals surface area contributed by atoms with Crippen LogP contribution in [0.15, 0.2) is 35.8 Å². The summed E-state index contributed by atoms with van der Waals surface area (Å²) in [4.78, 5) is 23.7. The largest absolute Gasteiger partial charge is 0.356 e. The summed E-state index contributed by atoms with van der Waals surface area (Å²) in [5.41, 5.74) is 0.636. The molecule has 2 fully saturated rings. The molecule has 9 nitrogen and oxygen atoms in total. The van der Waals surface area contributed by atoms with Crippen molar-refractivity contribution in [2.75, 3.05) is 18.0 Å². The third-order valence-electron chi connectivity index (χ3n) is 5.72. The Morgan fingerprint density at radius 1 is 1.12 bits per heavy atom. The van der Waals surface area contributed by atoms with Gasteiger partial charge in [-0.15, -0.1) is 5.10 Å². The number of hydrogen-bond acceptors (Lipinski definition) is 6. The maximum atomic E-state index is 12.7. The smallest absolute Gasteiger partial charge is 0.298 e. The lowest BCUT2D eigenvalue weighted by Crippen LogP contribution is -2.26. The standard InChI is InChI=1S/C17H20N8O/c26-16-13(24-8-6-20-22-24)10-21-25(16)15-9-14(18-12-19-15)23-7-5-17(11-23)3-1-2-4-17/h6,8-10,12,21H,1-5,7,11H2. The van der Waals surface area contributed by atoms with Crippen LogP contribution in [0.25, 0.3) is 11.5 Å². The molecule has 26 heavy (non-hydrogen) atoms. The van der Waals surface area contributed by atoms with Crippen molar-refractivity contribution in [3.05, 3.63) is 41.3 Å². The molecule has 0 aromatic carbocycles. The van der Waals surface area contributed by atoms with Gasteiger partial charge in [0.1, 0.15) is 12.1 Å². The number of aromatic nitrogens is 7. The summed E-state index contributed by atoms with van der Waals surface area (Å²) in [7, 11) is 0. The summed E-state index contributed by atoms with van der Waals surface area (Å²) in [6.45, 7) is 2.06. The molecule has 134 valence electrons. The summed E-state index contributed by atoms with van der Waals surface area (Å²) >= 11 is 0. The van der Waals surface area contributed by atoms with Crippen LogP contribution >= 0.6 is 0 Å². The van der Waals surface area contributed by atoms with Gasteiger partial charge in [0.25, 0.3) is 5.56 Å². The summed E-state index contributed by atoms with van der Waals surface area (Å²) in [6, 6.07) is 1.87. The van der Waals surface area contributed by atoms with Crippen molar-refractivity contribution >= 4 is 5.82 Å². The van der Waals surface area contributed by atoms with Crippen molar-refractivity contribution in [3.63, 3.8) is 0 Å². The molecular weight excluding hydrogens is 332 g/mol. The molecule has 5 rings (SSSR count). The molecule has 0 bridgehead atoms. The van der Waals surface area contributed by atoms with E-state index in [1.54, 1.807) is 12.4 Å². The van der Waals surface area contributed by atoms with Gasteiger partial charge in [-0.25, -0.2) is 14.6 Å². The molecule has 1 saturated carbocycles. The number of rotatable bonds is 3. The SMILES string of the molecule is O=c1c(-n2ccnn2)c[nH]n1-c1cc(N2CCC3(CCCC3)C2)ncn1. The van der Waals surface area contributed by atoms with Crippen LogP contribution in [-0.2, 0) is 0 Å². The maximum Gasteiger partial charge on any atom is 0.298 e.